The van der Waals surface area contributed by atoms with Crippen molar-refractivity contribution in [2.24, 2.45) is 0 Å². The molecule has 0 atom stereocenters. The lowest BCUT2D eigenvalue weighted by molar-refractivity contribution is 0.112. The number of hydrogen-bond acceptors (Lipinski definition) is 4. The Morgan fingerprint density at radius 3 is 3.08 bits per heavy atom. The molecule has 1 heterocycles. The monoisotopic (exact) mass is 199 g/mol. The van der Waals surface area contributed by atoms with E-state index in [1.165, 1.54) is 6.20 Å². The fourth-order valence-corrected chi connectivity index (χ4v) is 0.974. The second-order valence-corrected chi connectivity index (χ2v) is 2.83. The minimum Gasteiger partial charge on any atom is -0.369 e. The quantitative estimate of drug-likeness (QED) is 0.593. The molecule has 5 heteroatoms. The van der Waals surface area contributed by atoms with Crippen molar-refractivity contribution in [3.8, 4) is 0 Å². The Morgan fingerprint density at radius 2 is 2.46 bits per heavy atom. The highest BCUT2D eigenvalue weighted by Gasteiger charge is 2.03. The first-order valence-electron chi connectivity index (χ1n) is 3.99. The van der Waals surface area contributed by atoms with Crippen LogP contribution in [-0.2, 0) is 0 Å². The molecule has 0 fully saturated rings. The summed E-state index contributed by atoms with van der Waals surface area (Å²) in [6, 6.07) is 0. The SMILES string of the molecule is CCCNc1nc(Cl)ncc1C=O. The molecule has 0 saturated carbocycles. The van der Waals surface area contributed by atoms with Crippen LogP contribution in [0.15, 0.2) is 6.20 Å². The Morgan fingerprint density at radius 1 is 1.69 bits per heavy atom. The van der Waals surface area contributed by atoms with Crippen molar-refractivity contribution in [1.29, 1.82) is 0 Å². The molecule has 0 bridgehead atoms. The summed E-state index contributed by atoms with van der Waals surface area (Å²) in [4.78, 5) is 18.1. The van der Waals surface area contributed by atoms with E-state index in [1.807, 2.05) is 6.92 Å². The van der Waals surface area contributed by atoms with Crippen LogP contribution in [0.2, 0.25) is 5.28 Å². The van der Waals surface area contributed by atoms with Gasteiger partial charge in [0, 0.05) is 12.7 Å². The molecular weight excluding hydrogens is 190 g/mol. The zero-order valence-electron chi connectivity index (χ0n) is 7.25. The molecule has 0 unspecified atom stereocenters. The van der Waals surface area contributed by atoms with Gasteiger partial charge in [-0.3, -0.25) is 4.79 Å². The van der Waals surface area contributed by atoms with Gasteiger partial charge >= 0.3 is 0 Å². The molecule has 1 rings (SSSR count). The third-order valence-electron chi connectivity index (χ3n) is 1.46. The Kier molecular flexibility index (Phi) is 3.64. The molecule has 13 heavy (non-hydrogen) atoms. The summed E-state index contributed by atoms with van der Waals surface area (Å²) in [5.41, 5.74) is 0.429. The van der Waals surface area contributed by atoms with Gasteiger partial charge in [-0.15, -0.1) is 0 Å². The van der Waals surface area contributed by atoms with Gasteiger partial charge in [-0.05, 0) is 18.0 Å². The number of carbonyl (C=O) groups excluding carboxylic acids is 1. The van der Waals surface area contributed by atoms with E-state index in [2.05, 4.69) is 15.3 Å². The van der Waals surface area contributed by atoms with Crippen LogP contribution in [0.1, 0.15) is 23.7 Å². The van der Waals surface area contributed by atoms with Crippen LogP contribution in [-0.4, -0.2) is 22.8 Å². The molecule has 0 aliphatic carbocycles. The number of hydrogen-bond donors (Lipinski definition) is 1. The van der Waals surface area contributed by atoms with Crippen LogP contribution in [0.4, 0.5) is 5.82 Å². The summed E-state index contributed by atoms with van der Waals surface area (Å²) in [5.74, 6) is 0.497. The van der Waals surface area contributed by atoms with Crippen LogP contribution in [0.3, 0.4) is 0 Å². The van der Waals surface area contributed by atoms with Crippen LogP contribution >= 0.6 is 11.6 Å². The average Bonchev–Trinajstić information content (AvgIpc) is 2.15. The molecule has 0 radical (unpaired) electrons. The van der Waals surface area contributed by atoms with E-state index in [0.29, 0.717) is 17.7 Å². The summed E-state index contributed by atoms with van der Waals surface area (Å²) in [5, 5.41) is 3.13. The van der Waals surface area contributed by atoms with Gasteiger partial charge in [0.05, 0.1) is 5.56 Å². The van der Waals surface area contributed by atoms with Gasteiger partial charge < -0.3 is 5.32 Å². The van der Waals surface area contributed by atoms with E-state index in [-0.39, 0.29) is 5.28 Å². The van der Waals surface area contributed by atoms with Gasteiger partial charge in [0.1, 0.15) is 5.82 Å². The molecule has 70 valence electrons. The van der Waals surface area contributed by atoms with Crippen LogP contribution in [0.5, 0.6) is 0 Å². The topological polar surface area (TPSA) is 54.9 Å². The first-order valence-corrected chi connectivity index (χ1v) is 4.37. The number of nitrogens with one attached hydrogen (secondary N) is 1. The van der Waals surface area contributed by atoms with Crippen molar-refractivity contribution in [3.63, 3.8) is 0 Å². The second-order valence-electron chi connectivity index (χ2n) is 2.49. The molecule has 1 N–H and O–H groups in total. The van der Waals surface area contributed by atoms with Gasteiger partial charge in [0.25, 0.3) is 0 Å². The molecular formula is C8H10ClN3O. The molecule has 0 aromatic carbocycles. The van der Waals surface area contributed by atoms with Crippen molar-refractivity contribution in [2.45, 2.75) is 13.3 Å². The summed E-state index contributed by atoms with van der Waals surface area (Å²) >= 11 is 5.57. The maximum Gasteiger partial charge on any atom is 0.224 e. The Bertz CT molecular complexity index is 303. The smallest absolute Gasteiger partial charge is 0.224 e. The molecule has 0 spiro atoms. The Labute approximate surface area is 81.3 Å². The van der Waals surface area contributed by atoms with Gasteiger partial charge in [-0.25, -0.2) is 9.97 Å². The normalized spacial score (nSPS) is 9.69. The minimum absolute atomic E-state index is 0.143. The third-order valence-corrected chi connectivity index (χ3v) is 1.64. The van der Waals surface area contributed by atoms with Crippen molar-refractivity contribution < 1.29 is 4.79 Å². The zero-order valence-corrected chi connectivity index (χ0v) is 8.01. The maximum atomic E-state index is 10.5. The van der Waals surface area contributed by atoms with Gasteiger partial charge in [0.2, 0.25) is 5.28 Å². The number of aromatic nitrogens is 2. The molecule has 1 aromatic heterocycles. The molecule has 1 aromatic rings. The summed E-state index contributed by atoms with van der Waals surface area (Å²) in [6.07, 6.45) is 3.06. The van der Waals surface area contributed by atoms with E-state index >= 15 is 0 Å². The van der Waals surface area contributed by atoms with E-state index in [1.54, 1.807) is 0 Å². The van der Waals surface area contributed by atoms with Crippen molar-refractivity contribution in [1.82, 2.24) is 9.97 Å². The number of halogens is 1. The predicted molar refractivity (Wildman–Crippen MR) is 51.2 cm³/mol. The number of aldehydes is 1. The molecule has 0 aliphatic heterocycles. The average molecular weight is 200 g/mol. The van der Waals surface area contributed by atoms with Crippen LogP contribution in [0.25, 0.3) is 0 Å². The van der Waals surface area contributed by atoms with Crippen LogP contribution in [0, 0.1) is 0 Å². The standard InChI is InChI=1S/C8H10ClN3O/c1-2-3-10-7-6(5-13)4-11-8(9)12-7/h4-5H,2-3H2,1H3,(H,10,11,12). The number of rotatable bonds is 4. The summed E-state index contributed by atoms with van der Waals surface area (Å²) in [7, 11) is 0. The highest BCUT2D eigenvalue weighted by molar-refractivity contribution is 6.28. The highest BCUT2D eigenvalue weighted by atomic mass is 35.5. The van der Waals surface area contributed by atoms with Gasteiger partial charge in [-0.1, -0.05) is 6.92 Å². The first-order chi connectivity index (χ1) is 6.27. The highest BCUT2D eigenvalue weighted by Crippen LogP contribution is 2.11. The van der Waals surface area contributed by atoms with E-state index < -0.39 is 0 Å². The van der Waals surface area contributed by atoms with E-state index in [4.69, 9.17) is 11.6 Å². The first kappa shape index (κ1) is 9.92. The third kappa shape index (κ3) is 2.66. The molecule has 0 saturated heterocycles. The van der Waals surface area contributed by atoms with Crippen molar-refractivity contribution in [3.05, 3.63) is 17.0 Å². The minimum atomic E-state index is 0.143. The maximum absolute atomic E-state index is 10.5. The lowest BCUT2D eigenvalue weighted by atomic mass is 10.3. The molecule has 0 aliphatic rings. The fraction of sp³-hybridized carbons (Fsp3) is 0.375. The summed E-state index contributed by atoms with van der Waals surface area (Å²) < 4.78 is 0. The lowest BCUT2D eigenvalue weighted by Crippen LogP contribution is -2.05. The van der Waals surface area contributed by atoms with E-state index in [0.717, 1.165) is 13.0 Å². The number of carbonyl (C=O) groups is 1. The van der Waals surface area contributed by atoms with Crippen molar-refractivity contribution in [2.75, 3.05) is 11.9 Å². The van der Waals surface area contributed by atoms with Crippen LogP contribution < -0.4 is 5.32 Å². The Hall–Kier alpha value is -1.16. The van der Waals surface area contributed by atoms with Crippen molar-refractivity contribution >= 4 is 23.7 Å². The molecule has 4 nitrogen and oxygen atoms in total. The predicted octanol–water partition coefficient (Wildman–Crippen LogP) is 1.76. The second kappa shape index (κ2) is 4.77. The fourth-order valence-electron chi connectivity index (χ4n) is 0.841. The number of anilines is 1. The summed E-state index contributed by atoms with van der Waals surface area (Å²) in [6.45, 7) is 2.78. The lowest BCUT2D eigenvalue weighted by Gasteiger charge is -2.05. The van der Waals surface area contributed by atoms with E-state index in [9.17, 15) is 4.79 Å². The van der Waals surface area contributed by atoms with Gasteiger partial charge in [-0.2, -0.15) is 0 Å². The zero-order chi connectivity index (χ0) is 9.68. The largest absolute Gasteiger partial charge is 0.369 e. The van der Waals surface area contributed by atoms with Gasteiger partial charge in [0.15, 0.2) is 6.29 Å². The Balaban J connectivity index is 2.87. The number of nitrogens with zero attached hydrogens (tertiary/aromatic N) is 2. The molecule has 0 amide bonds.